The largest absolute Gasteiger partial charge is 0.480 e. The second kappa shape index (κ2) is 6.30. The van der Waals surface area contributed by atoms with Gasteiger partial charge in [0, 0.05) is 12.1 Å². The monoisotopic (exact) mass is 243 g/mol. The van der Waals surface area contributed by atoms with Crippen molar-refractivity contribution in [3.8, 4) is 0 Å². The summed E-state index contributed by atoms with van der Waals surface area (Å²) in [5, 5.41) is 8.67. The first-order valence-corrected chi connectivity index (χ1v) is 5.34. The van der Waals surface area contributed by atoms with Gasteiger partial charge >= 0.3 is 5.97 Å². The van der Waals surface area contributed by atoms with Crippen molar-refractivity contribution in [2.24, 2.45) is 0 Å². The summed E-state index contributed by atoms with van der Waals surface area (Å²) in [6.07, 6.45) is -2.47. The Kier molecular flexibility index (Phi) is 5.03. The molecule has 3 nitrogen and oxygen atoms in total. The molecule has 1 rings (SSSR count). The Bertz CT molecular complexity index is 365. The zero-order valence-electron chi connectivity index (χ0n) is 9.57. The number of aliphatic carboxylic acids is 1. The maximum absolute atomic E-state index is 12.3. The first-order valence-electron chi connectivity index (χ1n) is 5.34. The van der Waals surface area contributed by atoms with Crippen molar-refractivity contribution in [3.63, 3.8) is 0 Å². The van der Waals surface area contributed by atoms with E-state index in [0.29, 0.717) is 13.1 Å². The molecule has 94 valence electrons. The molecule has 0 fully saturated rings. The number of benzene rings is 1. The summed E-state index contributed by atoms with van der Waals surface area (Å²) in [4.78, 5) is 12.3. The lowest BCUT2D eigenvalue weighted by Gasteiger charge is -2.18. The number of hydrogen-bond donors (Lipinski definition) is 1. The number of carbonyl (C=O) groups is 1. The van der Waals surface area contributed by atoms with Crippen molar-refractivity contribution in [1.82, 2.24) is 4.90 Å². The smallest absolute Gasteiger partial charge is 0.317 e. The van der Waals surface area contributed by atoms with Gasteiger partial charge in [0.15, 0.2) is 0 Å². The van der Waals surface area contributed by atoms with Crippen LogP contribution in [-0.4, -0.2) is 29.1 Å². The van der Waals surface area contributed by atoms with Gasteiger partial charge in [-0.05, 0) is 12.1 Å². The van der Waals surface area contributed by atoms with Crippen molar-refractivity contribution in [2.45, 2.75) is 19.9 Å². The summed E-state index contributed by atoms with van der Waals surface area (Å²) >= 11 is 0. The highest BCUT2D eigenvalue weighted by Gasteiger charge is 2.09. The van der Waals surface area contributed by atoms with E-state index in [2.05, 4.69) is 0 Å². The Balaban J connectivity index is 2.64. The van der Waals surface area contributed by atoms with E-state index in [1.807, 2.05) is 6.92 Å². The van der Waals surface area contributed by atoms with Crippen LogP contribution in [0.25, 0.3) is 0 Å². The number of rotatable bonds is 6. The number of hydrogen-bond acceptors (Lipinski definition) is 2. The average Bonchev–Trinajstić information content (AvgIpc) is 2.28. The van der Waals surface area contributed by atoms with Gasteiger partial charge in [-0.3, -0.25) is 9.69 Å². The Morgan fingerprint density at radius 1 is 1.35 bits per heavy atom. The van der Waals surface area contributed by atoms with Crippen molar-refractivity contribution in [1.29, 1.82) is 0 Å². The van der Waals surface area contributed by atoms with Gasteiger partial charge in [0.2, 0.25) is 0 Å². The van der Waals surface area contributed by atoms with Gasteiger partial charge in [-0.15, -0.1) is 0 Å². The molecular formula is C12H15F2NO2. The zero-order valence-corrected chi connectivity index (χ0v) is 9.57. The predicted octanol–water partition coefficient (Wildman–Crippen LogP) is 2.53. The van der Waals surface area contributed by atoms with Crippen LogP contribution in [0, 0.1) is 0 Å². The lowest BCUT2D eigenvalue weighted by atomic mass is 10.1. The van der Waals surface area contributed by atoms with Crippen LogP contribution in [0.4, 0.5) is 8.78 Å². The van der Waals surface area contributed by atoms with E-state index in [1.54, 1.807) is 17.0 Å². The van der Waals surface area contributed by atoms with Gasteiger partial charge in [-0.2, -0.15) is 0 Å². The first-order chi connectivity index (χ1) is 8.02. The van der Waals surface area contributed by atoms with Gasteiger partial charge in [-0.1, -0.05) is 31.2 Å². The molecule has 17 heavy (non-hydrogen) atoms. The van der Waals surface area contributed by atoms with Crippen LogP contribution in [0.15, 0.2) is 24.3 Å². The highest BCUT2D eigenvalue weighted by molar-refractivity contribution is 5.69. The topological polar surface area (TPSA) is 40.5 Å². The molecule has 0 saturated carbocycles. The number of carboxylic acid groups (broad SMARTS) is 1. The molecule has 0 aliphatic heterocycles. The lowest BCUT2D eigenvalue weighted by Crippen LogP contribution is -2.29. The van der Waals surface area contributed by atoms with E-state index >= 15 is 0 Å². The standard InChI is InChI=1S/C12H15F2NO2/c1-2-15(8-11(16)17)7-9-3-5-10(6-4-9)12(13)14/h3-6,12H,2,7-8H2,1H3,(H,16,17). The van der Waals surface area contributed by atoms with E-state index in [0.717, 1.165) is 5.56 Å². The molecule has 1 aromatic carbocycles. The fourth-order valence-electron chi connectivity index (χ4n) is 1.50. The SMILES string of the molecule is CCN(CC(=O)O)Cc1ccc(C(F)F)cc1. The van der Waals surface area contributed by atoms with Gasteiger partial charge < -0.3 is 5.11 Å². The lowest BCUT2D eigenvalue weighted by molar-refractivity contribution is -0.138. The second-order valence-electron chi connectivity index (χ2n) is 3.74. The summed E-state index contributed by atoms with van der Waals surface area (Å²) in [6.45, 7) is 2.86. The molecule has 0 unspecified atom stereocenters. The Labute approximate surface area is 98.7 Å². The molecule has 0 saturated heterocycles. The molecule has 1 N–H and O–H groups in total. The number of likely N-dealkylation sites (N-methyl/N-ethyl adjacent to an activating group) is 1. The third kappa shape index (κ3) is 4.48. The molecule has 0 atom stereocenters. The quantitative estimate of drug-likeness (QED) is 0.834. The highest BCUT2D eigenvalue weighted by Crippen LogP contribution is 2.19. The molecule has 0 aromatic heterocycles. The fourth-order valence-corrected chi connectivity index (χ4v) is 1.50. The summed E-state index contributed by atoms with van der Waals surface area (Å²) in [7, 11) is 0. The fraction of sp³-hybridized carbons (Fsp3) is 0.417. The van der Waals surface area contributed by atoms with Crippen LogP contribution in [0.1, 0.15) is 24.5 Å². The third-order valence-corrected chi connectivity index (χ3v) is 2.44. The minimum absolute atomic E-state index is 0.0185. The molecule has 0 heterocycles. The molecular weight excluding hydrogens is 228 g/mol. The van der Waals surface area contributed by atoms with Crippen LogP contribution in [0.2, 0.25) is 0 Å². The third-order valence-electron chi connectivity index (χ3n) is 2.44. The maximum atomic E-state index is 12.3. The van der Waals surface area contributed by atoms with Crippen molar-refractivity contribution in [3.05, 3.63) is 35.4 Å². The first kappa shape index (κ1) is 13.6. The maximum Gasteiger partial charge on any atom is 0.317 e. The molecule has 0 amide bonds. The van der Waals surface area contributed by atoms with Crippen molar-refractivity contribution >= 4 is 5.97 Å². The Morgan fingerprint density at radius 2 is 1.94 bits per heavy atom. The summed E-state index contributed by atoms with van der Waals surface area (Å²) in [5.41, 5.74) is 0.813. The van der Waals surface area contributed by atoms with Gasteiger partial charge in [-0.25, -0.2) is 8.78 Å². The normalized spacial score (nSPS) is 11.1. The Morgan fingerprint density at radius 3 is 2.35 bits per heavy atom. The highest BCUT2D eigenvalue weighted by atomic mass is 19.3. The van der Waals surface area contributed by atoms with Crippen molar-refractivity contribution < 1.29 is 18.7 Å². The van der Waals surface area contributed by atoms with Crippen LogP contribution in [0.5, 0.6) is 0 Å². The van der Waals surface area contributed by atoms with Crippen LogP contribution in [0.3, 0.4) is 0 Å². The van der Waals surface area contributed by atoms with Gasteiger partial charge in [0.1, 0.15) is 0 Å². The summed E-state index contributed by atoms with van der Waals surface area (Å²) < 4.78 is 24.6. The van der Waals surface area contributed by atoms with Crippen molar-refractivity contribution in [2.75, 3.05) is 13.1 Å². The number of alkyl halides is 2. The minimum Gasteiger partial charge on any atom is -0.480 e. The van der Waals surface area contributed by atoms with E-state index in [9.17, 15) is 13.6 Å². The summed E-state index contributed by atoms with van der Waals surface area (Å²) in [5.74, 6) is -0.893. The summed E-state index contributed by atoms with van der Waals surface area (Å²) in [6, 6.07) is 5.95. The molecule has 0 aliphatic rings. The van der Waals surface area contributed by atoms with Gasteiger partial charge in [0.25, 0.3) is 6.43 Å². The zero-order chi connectivity index (χ0) is 12.8. The van der Waals surface area contributed by atoms with E-state index in [4.69, 9.17) is 5.11 Å². The predicted molar refractivity (Wildman–Crippen MR) is 60.0 cm³/mol. The van der Waals surface area contributed by atoms with Gasteiger partial charge in [0.05, 0.1) is 6.54 Å². The van der Waals surface area contributed by atoms with E-state index in [-0.39, 0.29) is 12.1 Å². The Hall–Kier alpha value is -1.49. The average molecular weight is 243 g/mol. The van der Waals surface area contributed by atoms with Crippen LogP contribution < -0.4 is 0 Å². The van der Waals surface area contributed by atoms with Crippen LogP contribution >= 0.6 is 0 Å². The molecule has 1 aromatic rings. The molecule has 5 heteroatoms. The second-order valence-corrected chi connectivity index (χ2v) is 3.74. The van der Waals surface area contributed by atoms with E-state index in [1.165, 1.54) is 12.1 Å². The van der Waals surface area contributed by atoms with E-state index < -0.39 is 12.4 Å². The van der Waals surface area contributed by atoms with Crippen LogP contribution in [-0.2, 0) is 11.3 Å². The number of nitrogens with zero attached hydrogens (tertiary/aromatic N) is 1. The molecule has 0 aliphatic carbocycles. The number of halogens is 2. The molecule has 0 radical (unpaired) electrons. The molecule has 0 spiro atoms. The number of carboxylic acids is 1. The molecule has 0 bridgehead atoms. The minimum atomic E-state index is -2.47.